The molecule has 4 heteroatoms. The quantitative estimate of drug-likeness (QED) is 0.687. The molecule has 98 valence electrons. The smallest absolute Gasteiger partial charge is 0.0534 e. The fourth-order valence-electron chi connectivity index (χ4n) is 2.20. The second kappa shape index (κ2) is 7.88. The molecule has 1 heterocycles. The van der Waals surface area contributed by atoms with Gasteiger partial charge < -0.3 is 0 Å². The summed E-state index contributed by atoms with van der Waals surface area (Å²) in [5, 5.41) is 5.37. The van der Waals surface area contributed by atoms with E-state index in [1.807, 2.05) is 10.9 Å². The topological polar surface area (TPSA) is 21.1 Å². The Balaban J connectivity index is 2.64. The molecule has 0 unspecified atom stereocenters. The second-order valence-electron chi connectivity index (χ2n) is 4.33. The van der Waals surface area contributed by atoms with Crippen LogP contribution in [-0.2, 0) is 13.1 Å². The SMILES string of the molecule is CCC(CC)N(CCBr)Cc1cnn(CC)c1. The number of alkyl halides is 1. The molecule has 0 aliphatic rings. The maximum absolute atomic E-state index is 4.34. The van der Waals surface area contributed by atoms with Gasteiger partial charge in [-0.2, -0.15) is 5.10 Å². The summed E-state index contributed by atoms with van der Waals surface area (Å²) in [7, 11) is 0. The van der Waals surface area contributed by atoms with Gasteiger partial charge in [0.15, 0.2) is 0 Å². The summed E-state index contributed by atoms with van der Waals surface area (Å²) in [4.78, 5) is 2.55. The van der Waals surface area contributed by atoms with Crippen LogP contribution in [0.5, 0.6) is 0 Å². The Bertz CT molecular complexity index is 307. The predicted octanol–water partition coefficient (Wildman–Crippen LogP) is 3.29. The molecule has 1 aromatic heterocycles. The summed E-state index contributed by atoms with van der Waals surface area (Å²) >= 11 is 3.55. The monoisotopic (exact) mass is 301 g/mol. The second-order valence-corrected chi connectivity index (χ2v) is 5.13. The molecule has 0 amide bonds. The minimum Gasteiger partial charge on any atom is -0.295 e. The number of aromatic nitrogens is 2. The van der Waals surface area contributed by atoms with Crippen molar-refractivity contribution in [1.29, 1.82) is 0 Å². The molecule has 0 radical (unpaired) electrons. The summed E-state index contributed by atoms with van der Waals surface area (Å²) in [6.45, 7) is 9.72. The first-order valence-corrected chi connectivity index (χ1v) is 7.68. The van der Waals surface area contributed by atoms with Gasteiger partial charge in [0.05, 0.1) is 6.20 Å². The first-order chi connectivity index (χ1) is 8.24. The fourth-order valence-corrected chi connectivity index (χ4v) is 2.66. The number of nitrogens with zero attached hydrogens (tertiary/aromatic N) is 3. The Morgan fingerprint density at radius 3 is 2.53 bits per heavy atom. The van der Waals surface area contributed by atoms with Crippen molar-refractivity contribution in [2.24, 2.45) is 0 Å². The molecular weight excluding hydrogens is 278 g/mol. The number of aryl methyl sites for hydroxylation is 1. The molecule has 17 heavy (non-hydrogen) atoms. The van der Waals surface area contributed by atoms with Crippen molar-refractivity contribution in [2.45, 2.75) is 52.7 Å². The summed E-state index contributed by atoms with van der Waals surface area (Å²) in [5.41, 5.74) is 1.32. The third kappa shape index (κ3) is 4.43. The Labute approximate surface area is 113 Å². The minimum absolute atomic E-state index is 0.678. The van der Waals surface area contributed by atoms with Crippen molar-refractivity contribution in [3.8, 4) is 0 Å². The molecule has 0 atom stereocenters. The van der Waals surface area contributed by atoms with Crippen molar-refractivity contribution in [3.05, 3.63) is 18.0 Å². The van der Waals surface area contributed by atoms with Crippen LogP contribution in [0.4, 0.5) is 0 Å². The number of hydrogen-bond donors (Lipinski definition) is 0. The van der Waals surface area contributed by atoms with Crippen LogP contribution in [0.15, 0.2) is 12.4 Å². The van der Waals surface area contributed by atoms with Gasteiger partial charge >= 0.3 is 0 Å². The first-order valence-electron chi connectivity index (χ1n) is 6.56. The molecule has 0 saturated heterocycles. The molecule has 1 rings (SSSR count). The molecule has 0 bridgehead atoms. The van der Waals surface area contributed by atoms with Crippen molar-refractivity contribution < 1.29 is 0 Å². The van der Waals surface area contributed by atoms with Gasteiger partial charge in [-0.15, -0.1) is 0 Å². The Hall–Kier alpha value is -0.350. The van der Waals surface area contributed by atoms with Crippen LogP contribution >= 0.6 is 15.9 Å². The van der Waals surface area contributed by atoms with Crippen molar-refractivity contribution in [1.82, 2.24) is 14.7 Å². The zero-order valence-electron chi connectivity index (χ0n) is 11.2. The number of rotatable bonds is 8. The summed E-state index contributed by atoms with van der Waals surface area (Å²) in [5.74, 6) is 0. The van der Waals surface area contributed by atoms with Crippen molar-refractivity contribution >= 4 is 15.9 Å². The lowest BCUT2D eigenvalue weighted by atomic mass is 10.1. The van der Waals surface area contributed by atoms with E-state index in [1.165, 1.54) is 18.4 Å². The van der Waals surface area contributed by atoms with E-state index in [-0.39, 0.29) is 0 Å². The molecule has 0 aliphatic carbocycles. The van der Waals surface area contributed by atoms with E-state index in [9.17, 15) is 0 Å². The van der Waals surface area contributed by atoms with E-state index in [4.69, 9.17) is 0 Å². The normalized spacial score (nSPS) is 11.6. The maximum Gasteiger partial charge on any atom is 0.0534 e. The Morgan fingerprint density at radius 2 is 2.06 bits per heavy atom. The van der Waals surface area contributed by atoms with Gasteiger partial charge in [0.2, 0.25) is 0 Å². The highest BCUT2D eigenvalue weighted by molar-refractivity contribution is 9.09. The van der Waals surface area contributed by atoms with Crippen LogP contribution in [0, 0.1) is 0 Å². The lowest BCUT2D eigenvalue weighted by Gasteiger charge is -2.29. The molecule has 0 aromatic carbocycles. The number of halogens is 1. The van der Waals surface area contributed by atoms with Gasteiger partial charge in [0.25, 0.3) is 0 Å². The minimum atomic E-state index is 0.678. The van der Waals surface area contributed by atoms with E-state index < -0.39 is 0 Å². The Kier molecular flexibility index (Phi) is 6.82. The van der Waals surface area contributed by atoms with Crippen LogP contribution in [0.1, 0.15) is 39.2 Å². The van der Waals surface area contributed by atoms with E-state index in [1.54, 1.807) is 0 Å². The van der Waals surface area contributed by atoms with E-state index >= 15 is 0 Å². The molecule has 0 fully saturated rings. The van der Waals surface area contributed by atoms with Crippen LogP contribution in [0.2, 0.25) is 0 Å². The molecular formula is C13H24BrN3. The molecule has 0 spiro atoms. The predicted molar refractivity (Wildman–Crippen MR) is 76.5 cm³/mol. The van der Waals surface area contributed by atoms with Crippen molar-refractivity contribution in [3.63, 3.8) is 0 Å². The highest BCUT2D eigenvalue weighted by Crippen LogP contribution is 2.13. The molecule has 0 aliphatic heterocycles. The zero-order chi connectivity index (χ0) is 12.7. The lowest BCUT2D eigenvalue weighted by Crippen LogP contribution is -2.35. The molecule has 0 saturated carbocycles. The third-order valence-electron chi connectivity index (χ3n) is 3.23. The summed E-state index contributed by atoms with van der Waals surface area (Å²) in [6, 6.07) is 0.678. The Morgan fingerprint density at radius 1 is 1.35 bits per heavy atom. The van der Waals surface area contributed by atoms with Crippen LogP contribution < -0.4 is 0 Å². The highest BCUT2D eigenvalue weighted by Gasteiger charge is 2.15. The van der Waals surface area contributed by atoms with Gasteiger partial charge in [-0.05, 0) is 19.8 Å². The van der Waals surface area contributed by atoms with Gasteiger partial charge in [0.1, 0.15) is 0 Å². The van der Waals surface area contributed by atoms with Crippen LogP contribution in [0.25, 0.3) is 0 Å². The highest BCUT2D eigenvalue weighted by atomic mass is 79.9. The molecule has 1 aromatic rings. The maximum atomic E-state index is 4.34. The third-order valence-corrected chi connectivity index (χ3v) is 3.58. The summed E-state index contributed by atoms with van der Waals surface area (Å²) in [6.07, 6.45) is 6.58. The van der Waals surface area contributed by atoms with Crippen LogP contribution in [0.3, 0.4) is 0 Å². The molecule has 3 nitrogen and oxygen atoms in total. The van der Waals surface area contributed by atoms with Crippen LogP contribution in [-0.4, -0.2) is 32.6 Å². The fraction of sp³-hybridized carbons (Fsp3) is 0.769. The standard InChI is InChI=1S/C13H24BrN3/c1-4-13(5-2)16(8-7-14)10-12-9-15-17(6-3)11-12/h9,11,13H,4-8,10H2,1-3H3. The largest absolute Gasteiger partial charge is 0.295 e. The van der Waals surface area contributed by atoms with E-state index in [2.05, 4.69) is 52.9 Å². The average Bonchev–Trinajstić information content (AvgIpc) is 2.78. The van der Waals surface area contributed by atoms with E-state index in [0.717, 1.165) is 25.0 Å². The summed E-state index contributed by atoms with van der Waals surface area (Å²) < 4.78 is 1.99. The van der Waals surface area contributed by atoms with Gasteiger partial charge in [0, 0.05) is 42.8 Å². The lowest BCUT2D eigenvalue weighted by molar-refractivity contribution is 0.189. The van der Waals surface area contributed by atoms with E-state index in [0.29, 0.717) is 6.04 Å². The van der Waals surface area contributed by atoms with Gasteiger partial charge in [-0.1, -0.05) is 29.8 Å². The molecule has 0 N–H and O–H groups in total. The first kappa shape index (κ1) is 14.7. The van der Waals surface area contributed by atoms with Crippen molar-refractivity contribution in [2.75, 3.05) is 11.9 Å². The zero-order valence-corrected chi connectivity index (χ0v) is 12.8. The van der Waals surface area contributed by atoms with Gasteiger partial charge in [-0.3, -0.25) is 9.58 Å². The average molecular weight is 302 g/mol. The van der Waals surface area contributed by atoms with Gasteiger partial charge in [-0.25, -0.2) is 0 Å². The number of hydrogen-bond acceptors (Lipinski definition) is 2.